The molecule has 22 heavy (non-hydrogen) atoms. The maximum absolute atomic E-state index is 13.6. The van der Waals surface area contributed by atoms with E-state index in [4.69, 9.17) is 4.74 Å². The Balaban J connectivity index is 2.33. The molecule has 124 valence electrons. The van der Waals surface area contributed by atoms with Crippen LogP contribution in [0.15, 0.2) is 18.2 Å². The van der Waals surface area contributed by atoms with Gasteiger partial charge in [-0.05, 0) is 37.0 Å². The third kappa shape index (κ3) is 6.30. The van der Waals surface area contributed by atoms with Crippen molar-refractivity contribution in [1.29, 1.82) is 0 Å². The summed E-state index contributed by atoms with van der Waals surface area (Å²) in [6.07, 6.45) is 0.0727. The highest BCUT2D eigenvalue weighted by Crippen LogP contribution is 2.18. The Hall–Kier alpha value is -1.82. The van der Waals surface area contributed by atoms with Crippen molar-refractivity contribution >= 4 is 6.03 Å². The van der Waals surface area contributed by atoms with Crippen LogP contribution in [-0.4, -0.2) is 30.4 Å². The summed E-state index contributed by atoms with van der Waals surface area (Å²) in [7, 11) is 0. The first-order valence-electron chi connectivity index (χ1n) is 7.55. The number of aliphatic hydroxyl groups is 1. The first-order chi connectivity index (χ1) is 10.4. The highest BCUT2D eigenvalue weighted by Gasteiger charge is 2.09. The number of hydrogen-bond acceptors (Lipinski definition) is 3. The smallest absolute Gasteiger partial charge is 0.315 e. The second-order valence-corrected chi connectivity index (χ2v) is 5.41. The van der Waals surface area contributed by atoms with Crippen molar-refractivity contribution in [2.45, 2.75) is 39.8 Å². The zero-order chi connectivity index (χ0) is 16.5. The molecule has 0 aliphatic heterocycles. The number of urea groups is 1. The summed E-state index contributed by atoms with van der Waals surface area (Å²) in [5, 5.41) is 14.9. The van der Waals surface area contributed by atoms with Crippen LogP contribution in [0.4, 0.5) is 9.18 Å². The molecule has 6 heteroatoms. The predicted octanol–water partition coefficient (Wildman–Crippen LogP) is 2.43. The van der Waals surface area contributed by atoms with Crippen molar-refractivity contribution in [2.75, 3.05) is 13.2 Å². The van der Waals surface area contributed by atoms with Crippen LogP contribution < -0.4 is 15.4 Å². The van der Waals surface area contributed by atoms with Crippen LogP contribution >= 0.6 is 0 Å². The molecule has 0 saturated carbocycles. The Kier molecular flexibility index (Phi) is 7.66. The third-order valence-corrected chi connectivity index (χ3v) is 3.24. The largest absolute Gasteiger partial charge is 0.491 e. The van der Waals surface area contributed by atoms with Gasteiger partial charge in [0.2, 0.25) is 0 Å². The summed E-state index contributed by atoms with van der Waals surface area (Å²) in [4.78, 5) is 11.6. The SMILES string of the molecule is CCOc1ccc(CNC(=O)NCCC(O)C(C)C)cc1F. The lowest BCUT2D eigenvalue weighted by molar-refractivity contribution is 0.116. The van der Waals surface area contributed by atoms with Gasteiger partial charge in [0.1, 0.15) is 0 Å². The number of nitrogens with one attached hydrogen (secondary N) is 2. The van der Waals surface area contributed by atoms with Crippen LogP contribution in [0.2, 0.25) is 0 Å². The minimum absolute atomic E-state index is 0.164. The lowest BCUT2D eigenvalue weighted by Gasteiger charge is -2.14. The molecular weight excluding hydrogens is 287 g/mol. The van der Waals surface area contributed by atoms with E-state index in [9.17, 15) is 14.3 Å². The van der Waals surface area contributed by atoms with Crippen LogP contribution in [-0.2, 0) is 6.54 Å². The summed E-state index contributed by atoms with van der Waals surface area (Å²) < 4.78 is 18.8. The first kappa shape index (κ1) is 18.2. The van der Waals surface area contributed by atoms with Gasteiger partial charge < -0.3 is 20.5 Å². The second kappa shape index (κ2) is 9.25. The van der Waals surface area contributed by atoms with Crippen molar-refractivity contribution in [3.05, 3.63) is 29.6 Å². The molecule has 0 fully saturated rings. The van der Waals surface area contributed by atoms with Gasteiger partial charge in [0.25, 0.3) is 0 Å². The molecule has 0 aliphatic carbocycles. The molecule has 2 amide bonds. The standard InChI is InChI=1S/C16H25FN2O3/c1-4-22-15-6-5-12(9-13(15)17)10-19-16(21)18-8-7-14(20)11(2)3/h5-6,9,11,14,20H,4,7-8,10H2,1-3H3,(H2,18,19,21). The fourth-order valence-electron chi connectivity index (χ4n) is 1.84. The lowest BCUT2D eigenvalue weighted by atomic mass is 10.0. The number of carbonyl (C=O) groups excluding carboxylic acids is 1. The van der Waals surface area contributed by atoms with Crippen LogP contribution in [0.1, 0.15) is 32.8 Å². The van der Waals surface area contributed by atoms with Crippen molar-refractivity contribution < 1.29 is 19.0 Å². The molecule has 1 unspecified atom stereocenters. The van der Waals surface area contributed by atoms with E-state index in [0.29, 0.717) is 25.1 Å². The van der Waals surface area contributed by atoms with E-state index in [1.165, 1.54) is 6.07 Å². The van der Waals surface area contributed by atoms with E-state index in [2.05, 4.69) is 10.6 Å². The number of carbonyl (C=O) groups is 1. The number of benzene rings is 1. The molecular formula is C16H25FN2O3. The van der Waals surface area contributed by atoms with Gasteiger partial charge in [0.15, 0.2) is 11.6 Å². The zero-order valence-electron chi connectivity index (χ0n) is 13.4. The quantitative estimate of drug-likeness (QED) is 0.690. The number of rotatable bonds is 8. The maximum atomic E-state index is 13.6. The minimum atomic E-state index is -0.443. The van der Waals surface area contributed by atoms with Crippen molar-refractivity contribution in [1.82, 2.24) is 10.6 Å². The Bertz CT molecular complexity index is 480. The van der Waals surface area contributed by atoms with E-state index in [1.54, 1.807) is 19.1 Å². The Labute approximate surface area is 130 Å². The Morgan fingerprint density at radius 2 is 2.09 bits per heavy atom. The van der Waals surface area contributed by atoms with Crippen LogP contribution in [0, 0.1) is 11.7 Å². The predicted molar refractivity (Wildman–Crippen MR) is 83.3 cm³/mol. The van der Waals surface area contributed by atoms with Gasteiger partial charge in [-0.25, -0.2) is 9.18 Å². The topological polar surface area (TPSA) is 70.6 Å². The minimum Gasteiger partial charge on any atom is -0.491 e. The van der Waals surface area contributed by atoms with E-state index < -0.39 is 11.9 Å². The zero-order valence-corrected chi connectivity index (χ0v) is 13.4. The maximum Gasteiger partial charge on any atom is 0.315 e. The Morgan fingerprint density at radius 1 is 1.36 bits per heavy atom. The van der Waals surface area contributed by atoms with Gasteiger partial charge >= 0.3 is 6.03 Å². The Morgan fingerprint density at radius 3 is 2.68 bits per heavy atom. The molecule has 3 N–H and O–H groups in total. The summed E-state index contributed by atoms with van der Waals surface area (Å²) in [6, 6.07) is 4.25. The van der Waals surface area contributed by atoms with Gasteiger partial charge in [-0.2, -0.15) is 0 Å². The molecule has 0 bridgehead atoms. The molecule has 0 aromatic heterocycles. The van der Waals surface area contributed by atoms with Gasteiger partial charge in [0.05, 0.1) is 12.7 Å². The molecule has 1 atom stereocenters. The molecule has 5 nitrogen and oxygen atoms in total. The van der Waals surface area contributed by atoms with E-state index in [0.717, 1.165) is 0 Å². The normalized spacial score (nSPS) is 12.1. The van der Waals surface area contributed by atoms with Crippen LogP contribution in [0.25, 0.3) is 0 Å². The molecule has 0 saturated heterocycles. The molecule has 1 rings (SSSR count). The van der Waals surface area contributed by atoms with Gasteiger partial charge in [-0.3, -0.25) is 0 Å². The van der Waals surface area contributed by atoms with Crippen molar-refractivity contribution in [2.24, 2.45) is 5.92 Å². The number of hydrogen-bond donors (Lipinski definition) is 3. The summed E-state index contributed by atoms with van der Waals surface area (Å²) >= 11 is 0. The average Bonchev–Trinajstić information content (AvgIpc) is 2.47. The van der Waals surface area contributed by atoms with E-state index in [1.807, 2.05) is 13.8 Å². The lowest BCUT2D eigenvalue weighted by Crippen LogP contribution is -2.37. The fraction of sp³-hybridized carbons (Fsp3) is 0.562. The van der Waals surface area contributed by atoms with Crippen LogP contribution in [0.5, 0.6) is 5.75 Å². The summed E-state index contributed by atoms with van der Waals surface area (Å²) in [5.74, 6) is -0.0725. The van der Waals surface area contributed by atoms with Gasteiger partial charge in [-0.1, -0.05) is 19.9 Å². The van der Waals surface area contributed by atoms with Gasteiger partial charge in [-0.15, -0.1) is 0 Å². The van der Waals surface area contributed by atoms with Crippen molar-refractivity contribution in [3.8, 4) is 5.75 Å². The third-order valence-electron chi connectivity index (χ3n) is 3.24. The summed E-state index contributed by atoms with van der Waals surface area (Å²) in [6.45, 7) is 6.65. The van der Waals surface area contributed by atoms with Crippen molar-refractivity contribution in [3.63, 3.8) is 0 Å². The molecule has 1 aromatic rings. The van der Waals surface area contributed by atoms with E-state index in [-0.39, 0.29) is 24.2 Å². The fourth-order valence-corrected chi connectivity index (χ4v) is 1.84. The summed E-state index contributed by atoms with van der Waals surface area (Å²) in [5.41, 5.74) is 0.651. The number of ether oxygens (including phenoxy) is 1. The molecule has 0 radical (unpaired) electrons. The highest BCUT2D eigenvalue weighted by molar-refractivity contribution is 5.73. The second-order valence-electron chi connectivity index (χ2n) is 5.41. The number of amides is 2. The first-order valence-corrected chi connectivity index (χ1v) is 7.55. The monoisotopic (exact) mass is 312 g/mol. The van der Waals surface area contributed by atoms with Gasteiger partial charge in [0, 0.05) is 13.1 Å². The van der Waals surface area contributed by atoms with E-state index >= 15 is 0 Å². The average molecular weight is 312 g/mol. The molecule has 0 aliphatic rings. The highest BCUT2D eigenvalue weighted by atomic mass is 19.1. The number of halogens is 1. The number of aliphatic hydroxyl groups excluding tert-OH is 1. The molecule has 0 heterocycles. The van der Waals surface area contributed by atoms with Crippen LogP contribution in [0.3, 0.4) is 0 Å². The molecule has 0 spiro atoms. The molecule has 1 aromatic carbocycles.